The zero-order valence-electron chi connectivity index (χ0n) is 12.0. The summed E-state index contributed by atoms with van der Waals surface area (Å²) in [5.74, 6) is 0. The summed E-state index contributed by atoms with van der Waals surface area (Å²) in [4.78, 5) is 0. The summed E-state index contributed by atoms with van der Waals surface area (Å²) in [6.45, 7) is 6.75. The van der Waals surface area contributed by atoms with Crippen LogP contribution in [0.2, 0.25) is 8.87 Å². The molecule has 0 saturated carbocycles. The molecule has 1 rings (SSSR count). The van der Waals surface area contributed by atoms with Gasteiger partial charge in [0.15, 0.2) is 0 Å². The molecular weight excluding hydrogens is 315 g/mol. The maximum absolute atomic E-state index is 5.54. The third-order valence-corrected chi connectivity index (χ3v) is 16.0. The predicted octanol–water partition coefficient (Wildman–Crippen LogP) is 4.64. The van der Waals surface area contributed by atoms with Gasteiger partial charge >= 0.3 is 111 Å². The molecule has 0 saturated heterocycles. The first kappa shape index (κ1) is 15.3. The fourth-order valence-electron chi connectivity index (χ4n) is 2.38. The molecule has 0 spiro atoms. The Bertz CT molecular complexity index is 257. The van der Waals surface area contributed by atoms with E-state index in [1.807, 2.05) is 0 Å². The molecule has 0 bridgehead atoms. The third kappa shape index (κ3) is 4.44. The van der Waals surface area contributed by atoms with Crippen molar-refractivity contribution in [2.45, 2.75) is 60.9 Å². The Balaban J connectivity index is 2.73. The van der Waals surface area contributed by atoms with E-state index in [-0.39, 0.29) is 5.60 Å². The van der Waals surface area contributed by atoms with Gasteiger partial charge in [0.2, 0.25) is 0 Å². The molecule has 0 fully saturated rings. The predicted molar refractivity (Wildman–Crippen MR) is 78.9 cm³/mol. The molecule has 0 aliphatic carbocycles. The van der Waals surface area contributed by atoms with Crippen molar-refractivity contribution in [3.63, 3.8) is 0 Å². The van der Waals surface area contributed by atoms with E-state index >= 15 is 0 Å². The Hall–Kier alpha value is 0.239. The van der Waals surface area contributed by atoms with Crippen molar-refractivity contribution in [2.75, 3.05) is 7.11 Å². The third-order valence-electron chi connectivity index (χ3n) is 3.92. The van der Waals surface area contributed by atoms with Gasteiger partial charge in [0.25, 0.3) is 0 Å². The molecular formula is C15H28OSn. The quantitative estimate of drug-likeness (QED) is 0.612. The van der Waals surface area contributed by atoms with E-state index < -0.39 is 18.4 Å². The summed E-state index contributed by atoms with van der Waals surface area (Å²) in [5.41, 5.74) is -0.140. The molecule has 1 nitrogen and oxygen atoms in total. The van der Waals surface area contributed by atoms with Gasteiger partial charge in [-0.25, -0.2) is 0 Å². The first-order chi connectivity index (χ1) is 8.10. The van der Waals surface area contributed by atoms with E-state index in [2.05, 4.69) is 41.1 Å². The first-order valence-electron chi connectivity index (χ1n) is 7.06. The summed E-state index contributed by atoms with van der Waals surface area (Å²) in [7, 11) is 1.80. The van der Waals surface area contributed by atoms with Gasteiger partial charge in [-0.1, -0.05) is 0 Å². The Morgan fingerprint density at radius 1 is 1.00 bits per heavy atom. The van der Waals surface area contributed by atoms with Gasteiger partial charge in [-0.3, -0.25) is 0 Å². The monoisotopic (exact) mass is 344 g/mol. The summed E-state index contributed by atoms with van der Waals surface area (Å²) >= 11 is -2.07. The van der Waals surface area contributed by atoms with Crippen LogP contribution in [0, 0.1) is 0 Å². The van der Waals surface area contributed by atoms with Crippen molar-refractivity contribution >= 4 is 18.4 Å². The van der Waals surface area contributed by atoms with Gasteiger partial charge in [0.05, 0.1) is 0 Å². The molecule has 1 aliphatic rings. The molecule has 0 amide bonds. The van der Waals surface area contributed by atoms with Crippen molar-refractivity contribution in [3.8, 4) is 0 Å². The van der Waals surface area contributed by atoms with Gasteiger partial charge in [-0.15, -0.1) is 0 Å². The number of hydrogen-bond donors (Lipinski definition) is 0. The van der Waals surface area contributed by atoms with Crippen LogP contribution in [0.5, 0.6) is 0 Å². The number of rotatable bonds is 7. The van der Waals surface area contributed by atoms with Crippen LogP contribution in [-0.4, -0.2) is 31.1 Å². The molecule has 17 heavy (non-hydrogen) atoms. The van der Waals surface area contributed by atoms with E-state index in [4.69, 9.17) is 4.74 Å². The molecule has 0 radical (unpaired) electrons. The second kappa shape index (κ2) is 6.98. The number of ether oxygens (including phenoxy) is 1. The van der Waals surface area contributed by atoms with Crippen LogP contribution in [-0.2, 0) is 4.74 Å². The van der Waals surface area contributed by atoms with Crippen molar-refractivity contribution in [1.82, 2.24) is 0 Å². The Labute approximate surface area is 111 Å². The Kier molecular flexibility index (Phi) is 6.28. The van der Waals surface area contributed by atoms with Crippen LogP contribution in [0.1, 0.15) is 46.5 Å². The molecule has 0 atom stereocenters. The topological polar surface area (TPSA) is 9.23 Å². The van der Waals surface area contributed by atoms with Crippen molar-refractivity contribution in [1.29, 1.82) is 0 Å². The minimum absolute atomic E-state index is 0.140. The molecule has 98 valence electrons. The summed E-state index contributed by atoms with van der Waals surface area (Å²) in [6.07, 6.45) is 10.1. The van der Waals surface area contributed by atoms with Crippen LogP contribution < -0.4 is 0 Å². The molecule has 0 aromatic heterocycles. The van der Waals surface area contributed by atoms with E-state index in [0.29, 0.717) is 0 Å². The molecule has 1 aliphatic heterocycles. The summed E-state index contributed by atoms with van der Waals surface area (Å²) in [6, 6.07) is 0. The molecule has 2 heteroatoms. The number of methoxy groups -OCH3 is 1. The summed E-state index contributed by atoms with van der Waals surface area (Å²) < 4.78 is 13.7. The van der Waals surface area contributed by atoms with Crippen molar-refractivity contribution < 1.29 is 4.74 Å². The molecule has 0 unspecified atom stereocenters. The maximum atomic E-state index is 5.54. The standard InChI is InChI=1S/C7H10O.2C4H9.Sn/c1-5-7(3,6-2)8-4;2*1-3-4-2;/h1-2,5-6H,3-4H3;2*1,3-4H2,2H3;. The minimum atomic E-state index is -2.07. The zero-order valence-corrected chi connectivity index (χ0v) is 14.8. The zero-order chi connectivity index (χ0) is 12.8. The molecule has 0 aromatic rings. The fraction of sp³-hybridized carbons (Fsp3) is 0.733. The normalized spacial score (nSPS) is 20.7. The number of hydrogen-bond acceptors (Lipinski definition) is 1. The van der Waals surface area contributed by atoms with E-state index in [9.17, 15) is 0 Å². The van der Waals surface area contributed by atoms with E-state index in [1.165, 1.54) is 34.6 Å². The first-order valence-corrected chi connectivity index (χ1v) is 14.4. The van der Waals surface area contributed by atoms with Gasteiger partial charge in [0, 0.05) is 0 Å². The second-order valence-electron chi connectivity index (χ2n) is 5.49. The Morgan fingerprint density at radius 3 is 1.82 bits per heavy atom. The average Bonchev–Trinajstić information content (AvgIpc) is 2.37. The number of unbranched alkanes of at least 4 members (excludes halogenated alkanes) is 2. The van der Waals surface area contributed by atoms with Crippen LogP contribution in [0.25, 0.3) is 0 Å². The second-order valence-corrected chi connectivity index (χ2v) is 17.3. The van der Waals surface area contributed by atoms with Crippen LogP contribution in [0.15, 0.2) is 20.3 Å². The van der Waals surface area contributed by atoms with Gasteiger partial charge in [0.1, 0.15) is 0 Å². The average molecular weight is 343 g/mol. The van der Waals surface area contributed by atoms with Gasteiger partial charge in [-0.2, -0.15) is 0 Å². The van der Waals surface area contributed by atoms with Gasteiger partial charge < -0.3 is 0 Å². The SMILES string of the molecule is CCC[CH2][Sn]1([CH2]CCC)[CH]=CC(C)(OC)C=[CH]1. The van der Waals surface area contributed by atoms with Crippen LogP contribution >= 0.6 is 0 Å². The Morgan fingerprint density at radius 2 is 1.47 bits per heavy atom. The van der Waals surface area contributed by atoms with E-state index in [1.54, 1.807) is 7.11 Å². The molecule has 1 heterocycles. The molecule has 0 N–H and O–H groups in total. The van der Waals surface area contributed by atoms with Crippen molar-refractivity contribution in [2.24, 2.45) is 0 Å². The van der Waals surface area contributed by atoms with Crippen molar-refractivity contribution in [3.05, 3.63) is 20.3 Å². The van der Waals surface area contributed by atoms with Crippen LogP contribution in [0.3, 0.4) is 0 Å². The van der Waals surface area contributed by atoms with Crippen LogP contribution in [0.4, 0.5) is 0 Å². The van der Waals surface area contributed by atoms with Gasteiger partial charge in [-0.05, 0) is 0 Å². The summed E-state index contributed by atoms with van der Waals surface area (Å²) in [5, 5.41) is 0. The molecule has 0 aromatic carbocycles. The fourth-order valence-corrected chi connectivity index (χ4v) is 14.9. The van der Waals surface area contributed by atoms with E-state index in [0.717, 1.165) is 0 Å².